The highest BCUT2D eigenvalue weighted by molar-refractivity contribution is 9.10. The van der Waals surface area contributed by atoms with Crippen molar-refractivity contribution < 1.29 is 4.74 Å². The van der Waals surface area contributed by atoms with E-state index < -0.39 is 0 Å². The van der Waals surface area contributed by atoms with E-state index in [0.717, 1.165) is 15.7 Å². The smallest absolute Gasteiger partial charge is 0.251 e. The predicted octanol–water partition coefficient (Wildman–Crippen LogP) is 3.51. The van der Waals surface area contributed by atoms with Gasteiger partial charge in [-0.25, -0.2) is 4.98 Å². The van der Waals surface area contributed by atoms with Crippen LogP contribution in [-0.2, 0) is 5.41 Å². The highest BCUT2D eigenvalue weighted by Gasteiger charge is 2.18. The minimum absolute atomic E-state index is 0.158. The molecule has 0 bridgehead atoms. The number of aromatic amines is 1. The summed E-state index contributed by atoms with van der Waals surface area (Å²) in [6.45, 7) is 6.08. The molecule has 1 aromatic heterocycles. The molecule has 1 aromatic carbocycles. The van der Waals surface area contributed by atoms with E-state index >= 15 is 0 Å². The number of aromatic nitrogens is 2. The van der Waals surface area contributed by atoms with Crippen LogP contribution in [0.25, 0.3) is 11.4 Å². The van der Waals surface area contributed by atoms with E-state index in [0.29, 0.717) is 11.6 Å². The van der Waals surface area contributed by atoms with Crippen LogP contribution >= 0.6 is 15.9 Å². The van der Waals surface area contributed by atoms with Gasteiger partial charge in [0, 0.05) is 21.5 Å². The lowest BCUT2D eigenvalue weighted by atomic mass is 9.92. The lowest BCUT2D eigenvalue weighted by Crippen LogP contribution is -2.20. The third-order valence-electron chi connectivity index (χ3n) is 2.94. The molecule has 5 heteroatoms. The summed E-state index contributed by atoms with van der Waals surface area (Å²) >= 11 is 3.48. The van der Waals surface area contributed by atoms with E-state index in [1.165, 1.54) is 6.07 Å². The number of halogens is 1. The fraction of sp³-hybridized carbons (Fsp3) is 0.333. The maximum atomic E-state index is 11.9. The van der Waals surface area contributed by atoms with E-state index in [2.05, 4.69) is 25.9 Å². The van der Waals surface area contributed by atoms with Gasteiger partial charge in [-0.1, -0.05) is 36.7 Å². The fourth-order valence-corrected chi connectivity index (χ4v) is 2.22. The number of benzene rings is 1. The highest BCUT2D eigenvalue weighted by atomic mass is 79.9. The van der Waals surface area contributed by atoms with Crippen LogP contribution in [-0.4, -0.2) is 17.1 Å². The second-order valence-corrected chi connectivity index (χ2v) is 6.43. The molecule has 0 amide bonds. The van der Waals surface area contributed by atoms with E-state index in [1.54, 1.807) is 7.11 Å². The molecule has 0 fully saturated rings. The molecule has 20 heavy (non-hydrogen) atoms. The Hall–Kier alpha value is -1.62. The van der Waals surface area contributed by atoms with Crippen LogP contribution in [0, 0.1) is 0 Å². The zero-order valence-corrected chi connectivity index (χ0v) is 13.5. The Bertz CT molecular complexity index is 687. The van der Waals surface area contributed by atoms with Gasteiger partial charge in [0.1, 0.15) is 11.6 Å². The molecule has 4 nitrogen and oxygen atoms in total. The van der Waals surface area contributed by atoms with Gasteiger partial charge < -0.3 is 9.72 Å². The van der Waals surface area contributed by atoms with Crippen LogP contribution in [0.5, 0.6) is 5.75 Å². The number of nitrogens with one attached hydrogen (secondary N) is 1. The predicted molar refractivity (Wildman–Crippen MR) is 83.2 cm³/mol. The number of H-pyrrole nitrogens is 1. The molecular formula is C15H17BrN2O2. The summed E-state index contributed by atoms with van der Waals surface area (Å²) in [4.78, 5) is 19.2. The Morgan fingerprint density at radius 3 is 2.55 bits per heavy atom. The van der Waals surface area contributed by atoms with Crippen molar-refractivity contribution in [1.29, 1.82) is 0 Å². The van der Waals surface area contributed by atoms with Gasteiger partial charge in [0.25, 0.3) is 5.56 Å². The van der Waals surface area contributed by atoms with Crippen LogP contribution < -0.4 is 10.3 Å². The third-order valence-corrected chi connectivity index (χ3v) is 3.63. The summed E-state index contributed by atoms with van der Waals surface area (Å²) < 4.78 is 6.07. The minimum atomic E-state index is -0.186. The number of nitrogens with zero attached hydrogens (tertiary/aromatic N) is 1. The molecule has 2 rings (SSSR count). The molecule has 1 heterocycles. The molecule has 0 aliphatic heterocycles. The monoisotopic (exact) mass is 336 g/mol. The van der Waals surface area contributed by atoms with Crippen LogP contribution in [0.2, 0.25) is 0 Å². The molecule has 0 atom stereocenters. The Morgan fingerprint density at radius 1 is 1.25 bits per heavy atom. The van der Waals surface area contributed by atoms with Crippen molar-refractivity contribution >= 4 is 15.9 Å². The SMILES string of the molecule is COc1ccc(Br)c(-c2nc(C(C)(C)C)cc(=O)[nH]2)c1. The first-order valence-electron chi connectivity index (χ1n) is 6.27. The highest BCUT2D eigenvalue weighted by Crippen LogP contribution is 2.30. The number of methoxy groups -OCH3 is 1. The Morgan fingerprint density at radius 2 is 1.95 bits per heavy atom. The van der Waals surface area contributed by atoms with Crippen molar-refractivity contribution in [3.8, 4) is 17.1 Å². The average molecular weight is 337 g/mol. The van der Waals surface area contributed by atoms with Gasteiger partial charge >= 0.3 is 0 Å². The van der Waals surface area contributed by atoms with Gasteiger partial charge in [0.2, 0.25) is 0 Å². The lowest BCUT2D eigenvalue weighted by Gasteiger charge is -2.18. The first-order valence-corrected chi connectivity index (χ1v) is 7.06. The molecule has 0 unspecified atom stereocenters. The maximum Gasteiger partial charge on any atom is 0.251 e. The normalized spacial score (nSPS) is 11.4. The molecule has 0 saturated heterocycles. The summed E-state index contributed by atoms with van der Waals surface area (Å²) in [5.74, 6) is 1.25. The van der Waals surface area contributed by atoms with E-state index in [9.17, 15) is 4.79 Å². The quantitative estimate of drug-likeness (QED) is 0.912. The number of hydrogen-bond acceptors (Lipinski definition) is 3. The molecule has 1 N–H and O–H groups in total. The zero-order valence-electron chi connectivity index (χ0n) is 12.0. The van der Waals surface area contributed by atoms with Crippen molar-refractivity contribution in [1.82, 2.24) is 9.97 Å². The van der Waals surface area contributed by atoms with E-state index in [4.69, 9.17) is 4.74 Å². The minimum Gasteiger partial charge on any atom is -0.497 e. The van der Waals surface area contributed by atoms with Crippen LogP contribution in [0.1, 0.15) is 26.5 Å². The summed E-state index contributed by atoms with van der Waals surface area (Å²) in [5, 5.41) is 0. The summed E-state index contributed by atoms with van der Waals surface area (Å²) in [6, 6.07) is 7.10. The largest absolute Gasteiger partial charge is 0.497 e. The topological polar surface area (TPSA) is 55.0 Å². The zero-order chi connectivity index (χ0) is 14.9. The molecule has 0 spiro atoms. The van der Waals surface area contributed by atoms with Gasteiger partial charge in [0.05, 0.1) is 12.8 Å². The van der Waals surface area contributed by atoms with Crippen molar-refractivity contribution in [2.45, 2.75) is 26.2 Å². The van der Waals surface area contributed by atoms with Crippen LogP contribution in [0.15, 0.2) is 33.5 Å². The van der Waals surface area contributed by atoms with Gasteiger partial charge in [-0.15, -0.1) is 0 Å². The van der Waals surface area contributed by atoms with Gasteiger partial charge in [-0.05, 0) is 18.2 Å². The number of hydrogen-bond donors (Lipinski definition) is 1. The molecule has 0 aliphatic carbocycles. The average Bonchev–Trinajstić information content (AvgIpc) is 2.37. The molecule has 0 radical (unpaired) electrons. The number of rotatable bonds is 2. The van der Waals surface area contributed by atoms with Crippen LogP contribution in [0.3, 0.4) is 0 Å². The molecular weight excluding hydrogens is 320 g/mol. The second-order valence-electron chi connectivity index (χ2n) is 5.58. The van der Waals surface area contributed by atoms with Crippen molar-refractivity contribution in [2.24, 2.45) is 0 Å². The van der Waals surface area contributed by atoms with E-state index in [-0.39, 0.29) is 11.0 Å². The first kappa shape index (κ1) is 14.8. The summed E-state index contributed by atoms with van der Waals surface area (Å²) in [6.07, 6.45) is 0. The van der Waals surface area contributed by atoms with Gasteiger partial charge in [-0.2, -0.15) is 0 Å². The Balaban J connectivity index is 2.64. The van der Waals surface area contributed by atoms with Crippen LogP contribution in [0.4, 0.5) is 0 Å². The summed E-state index contributed by atoms with van der Waals surface area (Å²) in [7, 11) is 1.61. The summed E-state index contributed by atoms with van der Waals surface area (Å²) in [5.41, 5.74) is 1.21. The van der Waals surface area contributed by atoms with Gasteiger partial charge in [0.15, 0.2) is 0 Å². The molecule has 106 valence electrons. The maximum absolute atomic E-state index is 11.9. The molecule has 2 aromatic rings. The van der Waals surface area contributed by atoms with Crippen molar-refractivity contribution in [3.63, 3.8) is 0 Å². The van der Waals surface area contributed by atoms with Crippen molar-refractivity contribution in [2.75, 3.05) is 7.11 Å². The van der Waals surface area contributed by atoms with Crippen molar-refractivity contribution in [3.05, 3.63) is 44.8 Å². The number of ether oxygens (including phenoxy) is 1. The Labute approximate surface area is 126 Å². The standard InChI is InChI=1S/C15H17BrN2O2/c1-15(2,3)12-8-13(19)18-14(17-12)10-7-9(20-4)5-6-11(10)16/h5-8H,1-4H3,(H,17,18,19). The molecule has 0 aliphatic rings. The lowest BCUT2D eigenvalue weighted by molar-refractivity contribution is 0.415. The second kappa shape index (κ2) is 5.40. The van der Waals surface area contributed by atoms with E-state index in [1.807, 2.05) is 39.0 Å². The first-order chi connectivity index (χ1) is 9.31. The Kier molecular flexibility index (Phi) is 3.99. The fourth-order valence-electron chi connectivity index (χ4n) is 1.78. The molecule has 0 saturated carbocycles. The van der Waals surface area contributed by atoms with Gasteiger partial charge in [-0.3, -0.25) is 4.79 Å². The third kappa shape index (κ3) is 3.10.